The van der Waals surface area contributed by atoms with Crippen LogP contribution >= 0.6 is 11.6 Å². The third kappa shape index (κ3) is 4.69. The van der Waals surface area contributed by atoms with Gasteiger partial charge in [0.1, 0.15) is 12.2 Å². The molecule has 0 bridgehead atoms. The lowest BCUT2D eigenvalue weighted by molar-refractivity contribution is -0.424. The quantitative estimate of drug-likeness (QED) is 0.514. The maximum atomic E-state index is 12.6. The Hall–Kier alpha value is -3.05. The number of aromatic nitrogens is 2. The number of halogens is 1. The largest absolute Gasteiger partial charge is 0.468 e. The van der Waals surface area contributed by atoms with Crippen LogP contribution in [-0.4, -0.2) is 61.5 Å². The first kappa shape index (κ1) is 20.7. The van der Waals surface area contributed by atoms with Gasteiger partial charge in [-0.1, -0.05) is 23.7 Å². The zero-order valence-corrected chi connectivity index (χ0v) is 16.4. The van der Waals surface area contributed by atoms with Gasteiger partial charge in [-0.15, -0.1) is 0 Å². The molecule has 12 heteroatoms. The Morgan fingerprint density at radius 3 is 2.24 bits per heavy atom. The molecule has 0 N–H and O–H groups in total. The zero-order chi connectivity index (χ0) is 21.1. The topological polar surface area (TPSA) is 128 Å². The van der Waals surface area contributed by atoms with Gasteiger partial charge in [-0.25, -0.2) is 0 Å². The summed E-state index contributed by atoms with van der Waals surface area (Å²) in [7, 11) is 0. The number of carbonyl (C=O) groups excluding carboxylic acids is 1. The van der Waals surface area contributed by atoms with E-state index in [1.165, 1.54) is 6.92 Å². The summed E-state index contributed by atoms with van der Waals surface area (Å²) in [5.74, 6) is -1.14. The summed E-state index contributed by atoms with van der Waals surface area (Å²) in [6, 6.07) is 7.59. The van der Waals surface area contributed by atoms with Crippen molar-refractivity contribution in [3.05, 3.63) is 60.8 Å². The van der Waals surface area contributed by atoms with Crippen LogP contribution in [0.2, 0.25) is 5.02 Å². The maximum absolute atomic E-state index is 12.6. The Labute approximate surface area is 170 Å². The lowest BCUT2D eigenvalue weighted by Gasteiger charge is -2.34. The minimum absolute atomic E-state index is 0.0172. The third-order valence-corrected chi connectivity index (χ3v) is 5.09. The van der Waals surface area contributed by atoms with Crippen molar-refractivity contribution in [2.24, 2.45) is 0 Å². The molecule has 1 fully saturated rings. The van der Waals surface area contributed by atoms with Crippen molar-refractivity contribution in [1.82, 2.24) is 19.6 Å². The van der Waals surface area contributed by atoms with E-state index in [9.17, 15) is 25.0 Å². The van der Waals surface area contributed by atoms with Crippen molar-refractivity contribution in [3.63, 3.8) is 0 Å². The standard InChI is InChI=1S/C17H19ClN6O5/c1-12-16(23(26)27)17(24(28)29)19-22(12)11-15(25)21-8-6-20(7-9-21)10-13-2-4-14(18)5-3-13/h2-5H,6-11H2,1H3. The van der Waals surface area contributed by atoms with Gasteiger partial charge in [0.05, 0.1) is 10.0 Å². The molecular weight excluding hydrogens is 404 g/mol. The first-order valence-electron chi connectivity index (χ1n) is 8.87. The van der Waals surface area contributed by atoms with Gasteiger partial charge in [0.15, 0.2) is 0 Å². The van der Waals surface area contributed by atoms with E-state index < -0.39 is 21.4 Å². The summed E-state index contributed by atoms with van der Waals surface area (Å²) in [5.41, 5.74) is 0.424. The number of hydrogen-bond acceptors (Lipinski definition) is 7. The summed E-state index contributed by atoms with van der Waals surface area (Å²) in [5, 5.41) is 26.4. The number of rotatable bonds is 6. The van der Waals surface area contributed by atoms with Crippen LogP contribution in [0.3, 0.4) is 0 Å². The molecule has 0 unspecified atom stereocenters. The van der Waals surface area contributed by atoms with E-state index >= 15 is 0 Å². The Kier molecular flexibility index (Phi) is 6.09. The molecule has 0 radical (unpaired) electrons. The van der Waals surface area contributed by atoms with E-state index in [1.807, 2.05) is 24.3 Å². The number of piperazine rings is 1. The van der Waals surface area contributed by atoms with Crippen molar-refractivity contribution in [3.8, 4) is 0 Å². The van der Waals surface area contributed by atoms with Crippen LogP contribution in [0, 0.1) is 27.2 Å². The Morgan fingerprint density at radius 2 is 1.72 bits per heavy atom. The monoisotopic (exact) mass is 422 g/mol. The van der Waals surface area contributed by atoms with Crippen molar-refractivity contribution in [2.45, 2.75) is 20.0 Å². The highest BCUT2D eigenvalue weighted by molar-refractivity contribution is 6.30. The number of nitro groups is 2. The molecule has 0 spiro atoms. The molecule has 0 aliphatic carbocycles. The van der Waals surface area contributed by atoms with E-state index in [1.54, 1.807) is 4.90 Å². The lowest BCUT2D eigenvalue weighted by Crippen LogP contribution is -2.49. The van der Waals surface area contributed by atoms with Crippen LogP contribution in [0.1, 0.15) is 11.3 Å². The van der Waals surface area contributed by atoms with Crippen LogP contribution in [-0.2, 0) is 17.9 Å². The number of benzene rings is 1. The summed E-state index contributed by atoms with van der Waals surface area (Å²) in [6.07, 6.45) is 0. The molecule has 1 aromatic heterocycles. The minimum Gasteiger partial charge on any atom is -0.358 e. The van der Waals surface area contributed by atoms with Gasteiger partial charge < -0.3 is 15.0 Å². The lowest BCUT2D eigenvalue weighted by atomic mass is 10.2. The molecule has 0 saturated carbocycles. The zero-order valence-electron chi connectivity index (χ0n) is 15.7. The molecule has 154 valence electrons. The summed E-state index contributed by atoms with van der Waals surface area (Å²) < 4.78 is 1.03. The first-order chi connectivity index (χ1) is 13.8. The highest BCUT2D eigenvalue weighted by atomic mass is 35.5. The van der Waals surface area contributed by atoms with Crippen molar-refractivity contribution in [2.75, 3.05) is 26.2 Å². The van der Waals surface area contributed by atoms with Gasteiger partial charge >= 0.3 is 11.5 Å². The van der Waals surface area contributed by atoms with E-state index in [4.69, 9.17) is 11.6 Å². The Bertz CT molecular complexity index is 937. The van der Waals surface area contributed by atoms with Crippen LogP contribution < -0.4 is 0 Å². The first-order valence-corrected chi connectivity index (χ1v) is 9.25. The van der Waals surface area contributed by atoms with E-state index in [-0.39, 0.29) is 18.1 Å². The van der Waals surface area contributed by atoms with Crippen molar-refractivity contribution in [1.29, 1.82) is 0 Å². The highest BCUT2D eigenvalue weighted by Gasteiger charge is 2.36. The SMILES string of the molecule is Cc1c([N+](=O)[O-])c([N+](=O)[O-])nn1CC(=O)N1CCN(Cc2ccc(Cl)cc2)CC1. The smallest absolute Gasteiger partial charge is 0.358 e. The van der Waals surface area contributed by atoms with Crippen LogP contribution in [0.25, 0.3) is 0 Å². The molecule has 1 aliphatic rings. The second-order valence-corrected chi connectivity index (χ2v) is 7.15. The average molecular weight is 423 g/mol. The van der Waals surface area contributed by atoms with Crippen molar-refractivity contribution >= 4 is 29.0 Å². The second kappa shape index (κ2) is 8.53. The predicted octanol–water partition coefficient (Wildman–Crippen LogP) is 2.01. The Balaban J connectivity index is 1.60. The van der Waals surface area contributed by atoms with Gasteiger partial charge in [0, 0.05) is 37.7 Å². The van der Waals surface area contributed by atoms with Crippen LogP contribution in [0.5, 0.6) is 0 Å². The fourth-order valence-electron chi connectivity index (χ4n) is 3.24. The second-order valence-electron chi connectivity index (χ2n) is 6.71. The van der Waals surface area contributed by atoms with Crippen LogP contribution in [0.15, 0.2) is 24.3 Å². The molecule has 3 rings (SSSR count). The predicted molar refractivity (Wildman–Crippen MR) is 104 cm³/mol. The normalized spacial score (nSPS) is 14.8. The third-order valence-electron chi connectivity index (χ3n) is 4.84. The minimum atomic E-state index is -0.915. The van der Waals surface area contributed by atoms with Gasteiger partial charge in [-0.2, -0.15) is 4.68 Å². The van der Waals surface area contributed by atoms with Gasteiger partial charge in [-0.05, 0) is 29.5 Å². The molecule has 0 atom stereocenters. The van der Waals surface area contributed by atoms with Gasteiger partial charge in [0.2, 0.25) is 5.91 Å². The van der Waals surface area contributed by atoms with Gasteiger partial charge in [-0.3, -0.25) is 19.8 Å². The average Bonchev–Trinajstić information content (AvgIpc) is 3.01. The highest BCUT2D eigenvalue weighted by Crippen LogP contribution is 2.29. The fraction of sp³-hybridized carbons (Fsp3) is 0.412. The molecule has 1 saturated heterocycles. The number of amides is 1. The molecule has 11 nitrogen and oxygen atoms in total. The van der Waals surface area contributed by atoms with E-state index in [0.717, 1.165) is 16.8 Å². The molecule has 1 aliphatic heterocycles. The molecule has 1 aromatic carbocycles. The summed E-state index contributed by atoms with van der Waals surface area (Å²) in [4.78, 5) is 36.7. The molecule has 2 heterocycles. The Morgan fingerprint density at radius 1 is 1.10 bits per heavy atom. The fourth-order valence-corrected chi connectivity index (χ4v) is 3.37. The molecule has 29 heavy (non-hydrogen) atoms. The summed E-state index contributed by atoms with van der Waals surface area (Å²) in [6.45, 7) is 4.15. The summed E-state index contributed by atoms with van der Waals surface area (Å²) >= 11 is 5.89. The van der Waals surface area contributed by atoms with Crippen molar-refractivity contribution < 1.29 is 14.6 Å². The molecule has 2 aromatic rings. The van der Waals surface area contributed by atoms with E-state index in [2.05, 4.69) is 10.00 Å². The van der Waals surface area contributed by atoms with Gasteiger partial charge in [0.25, 0.3) is 0 Å². The van der Waals surface area contributed by atoms with Crippen LogP contribution in [0.4, 0.5) is 11.5 Å². The number of nitrogens with zero attached hydrogens (tertiary/aromatic N) is 6. The maximum Gasteiger partial charge on any atom is 0.468 e. The molecular formula is C17H19ClN6O5. The molecule has 1 amide bonds. The van der Waals surface area contributed by atoms with E-state index in [0.29, 0.717) is 31.2 Å². The number of carbonyl (C=O) groups is 1. The number of hydrogen-bond donors (Lipinski definition) is 0.